The van der Waals surface area contributed by atoms with E-state index in [9.17, 15) is 46.2 Å². The first-order valence-corrected chi connectivity index (χ1v) is 16.5. The van der Waals surface area contributed by atoms with Crippen molar-refractivity contribution in [3.63, 3.8) is 0 Å². The molecule has 0 saturated heterocycles. The Labute approximate surface area is 267 Å². The van der Waals surface area contributed by atoms with E-state index in [4.69, 9.17) is 9.47 Å². The van der Waals surface area contributed by atoms with Gasteiger partial charge in [-0.15, -0.1) is 0 Å². The summed E-state index contributed by atoms with van der Waals surface area (Å²) in [6.07, 6.45) is 2.11. The van der Waals surface area contributed by atoms with Crippen molar-refractivity contribution in [3.05, 3.63) is 47.8 Å². The highest BCUT2D eigenvalue weighted by Crippen LogP contribution is 2.49. The van der Waals surface area contributed by atoms with Crippen LogP contribution in [0.25, 0.3) is 0 Å². The molecule has 0 heterocycles. The molecule has 47 heavy (non-hydrogen) atoms. The quantitative estimate of drug-likeness (QED) is 0.267. The summed E-state index contributed by atoms with van der Waals surface area (Å²) in [5.41, 5.74) is -7.06. The van der Waals surface area contributed by atoms with E-state index >= 15 is 4.39 Å². The number of fused-ring (bicyclic) bond motifs is 2. The van der Waals surface area contributed by atoms with Gasteiger partial charge in [-0.2, -0.15) is 13.2 Å². The number of carbonyl (C=O) groups is 3. The van der Waals surface area contributed by atoms with Crippen LogP contribution in [0.1, 0.15) is 55.3 Å². The van der Waals surface area contributed by atoms with E-state index in [0.29, 0.717) is 19.3 Å². The van der Waals surface area contributed by atoms with Crippen LogP contribution in [-0.4, -0.2) is 67.8 Å². The number of carboxylic acids is 1. The van der Waals surface area contributed by atoms with E-state index in [1.807, 2.05) is 0 Å². The van der Waals surface area contributed by atoms with Gasteiger partial charge in [-0.3, -0.25) is 14.4 Å². The van der Waals surface area contributed by atoms with E-state index in [-0.39, 0.29) is 60.3 Å². The lowest BCUT2D eigenvalue weighted by molar-refractivity contribution is -0.155. The van der Waals surface area contributed by atoms with E-state index in [0.717, 1.165) is 24.3 Å². The number of carbonyl (C=O) groups excluding carboxylic acids is 2. The Morgan fingerprint density at radius 1 is 1.02 bits per heavy atom. The molecule has 4 atom stereocenters. The summed E-state index contributed by atoms with van der Waals surface area (Å²) in [6, 6.07) is 5.31. The van der Waals surface area contributed by atoms with Gasteiger partial charge in [0.25, 0.3) is 15.7 Å². The first kappa shape index (κ1) is 34.4. The zero-order chi connectivity index (χ0) is 34.3. The number of alkyl halides is 3. The Hall–Kier alpha value is -3.92. The number of aliphatic hydroxyl groups is 1. The minimum Gasteiger partial charge on any atom is -0.496 e. The number of methoxy groups -OCH3 is 1. The normalized spacial score (nSPS) is 27.2. The SMILES string of the molecule is COc1cc(F)c(OC2CCC(CO)(C(=O)O)CC2)cc1C(=O)NC1C2CCC(C2)C1C(=O)Nc1cccc(S(=O)(=O)C(F)(F)F)c1. The van der Waals surface area contributed by atoms with Crippen molar-refractivity contribution in [1.82, 2.24) is 5.32 Å². The van der Waals surface area contributed by atoms with Crippen LogP contribution in [0.5, 0.6) is 11.5 Å². The van der Waals surface area contributed by atoms with Crippen LogP contribution in [0.4, 0.5) is 23.2 Å². The van der Waals surface area contributed by atoms with Crippen LogP contribution >= 0.6 is 0 Å². The van der Waals surface area contributed by atoms with Crippen LogP contribution in [0, 0.1) is 29.0 Å². The number of nitrogens with one attached hydrogen (secondary N) is 2. The van der Waals surface area contributed by atoms with Gasteiger partial charge in [0.15, 0.2) is 11.6 Å². The van der Waals surface area contributed by atoms with Crippen molar-refractivity contribution in [3.8, 4) is 11.5 Å². The fourth-order valence-electron chi connectivity index (χ4n) is 7.06. The third-order valence-corrected chi connectivity index (χ3v) is 11.2. The second-order valence-electron chi connectivity index (χ2n) is 12.4. The number of anilines is 1. The lowest BCUT2D eigenvalue weighted by Crippen LogP contribution is -2.48. The van der Waals surface area contributed by atoms with Gasteiger partial charge in [-0.05, 0) is 81.0 Å². The Kier molecular flexibility index (Phi) is 9.48. The molecule has 2 bridgehead atoms. The third-order valence-electron chi connectivity index (χ3n) is 9.67. The minimum absolute atomic E-state index is 0.0815. The topological polar surface area (TPSA) is 168 Å². The van der Waals surface area contributed by atoms with Gasteiger partial charge in [-0.1, -0.05) is 6.07 Å². The number of rotatable bonds is 10. The average molecular weight is 687 g/mol. The highest BCUT2D eigenvalue weighted by atomic mass is 32.2. The number of halogens is 4. The molecule has 256 valence electrons. The van der Waals surface area contributed by atoms with Crippen LogP contribution in [0.3, 0.4) is 0 Å². The fraction of sp³-hybridized carbons (Fsp3) is 0.516. The lowest BCUT2D eigenvalue weighted by Gasteiger charge is -2.35. The van der Waals surface area contributed by atoms with Crippen molar-refractivity contribution >= 4 is 33.3 Å². The van der Waals surface area contributed by atoms with Gasteiger partial charge in [0.2, 0.25) is 5.91 Å². The van der Waals surface area contributed by atoms with Gasteiger partial charge < -0.3 is 30.3 Å². The molecule has 3 saturated carbocycles. The number of carboxylic acid groups (broad SMARTS) is 1. The molecule has 0 spiro atoms. The monoisotopic (exact) mass is 686 g/mol. The molecule has 0 radical (unpaired) electrons. The Morgan fingerprint density at radius 3 is 2.32 bits per heavy atom. The van der Waals surface area contributed by atoms with Crippen molar-refractivity contribution < 1.29 is 60.0 Å². The molecule has 11 nitrogen and oxygen atoms in total. The molecule has 0 aliphatic heterocycles. The first-order chi connectivity index (χ1) is 22.1. The molecule has 2 aromatic rings. The number of benzene rings is 2. The number of amides is 2. The molecule has 16 heteroatoms. The minimum atomic E-state index is -5.64. The van der Waals surface area contributed by atoms with Crippen molar-refractivity contribution in [2.75, 3.05) is 19.0 Å². The molecule has 0 aromatic heterocycles. The van der Waals surface area contributed by atoms with Crippen LogP contribution in [0.2, 0.25) is 0 Å². The van der Waals surface area contributed by atoms with Gasteiger partial charge in [0.1, 0.15) is 5.75 Å². The molecule has 2 amide bonds. The molecule has 5 rings (SSSR count). The molecular weight excluding hydrogens is 652 g/mol. The summed E-state index contributed by atoms with van der Waals surface area (Å²) in [7, 11) is -4.40. The molecule has 4 N–H and O–H groups in total. The molecular formula is C31H34F4N2O9S. The Bertz CT molecular complexity index is 1660. The summed E-state index contributed by atoms with van der Waals surface area (Å²) < 4.78 is 89.1. The second-order valence-corrected chi connectivity index (χ2v) is 14.3. The largest absolute Gasteiger partial charge is 0.501 e. The maximum absolute atomic E-state index is 15.0. The Morgan fingerprint density at radius 2 is 1.70 bits per heavy atom. The molecule has 2 aromatic carbocycles. The number of sulfone groups is 1. The van der Waals surface area contributed by atoms with Gasteiger partial charge in [0.05, 0.1) is 41.6 Å². The number of ether oxygens (including phenoxy) is 2. The average Bonchev–Trinajstić information content (AvgIpc) is 3.64. The van der Waals surface area contributed by atoms with E-state index in [2.05, 4.69) is 10.6 Å². The van der Waals surface area contributed by atoms with Crippen molar-refractivity contribution in [1.29, 1.82) is 0 Å². The number of aliphatic hydroxyl groups excluding tert-OH is 1. The number of aliphatic carboxylic acids is 1. The zero-order valence-corrected chi connectivity index (χ0v) is 26.0. The Balaban J connectivity index is 1.32. The first-order valence-electron chi connectivity index (χ1n) is 15.0. The molecule has 3 aliphatic carbocycles. The van der Waals surface area contributed by atoms with Crippen LogP contribution in [0.15, 0.2) is 41.3 Å². The maximum Gasteiger partial charge on any atom is 0.501 e. The number of hydrogen-bond acceptors (Lipinski definition) is 8. The smallest absolute Gasteiger partial charge is 0.496 e. The third kappa shape index (κ3) is 6.62. The number of hydrogen-bond donors (Lipinski definition) is 4. The van der Waals surface area contributed by atoms with Crippen LogP contribution < -0.4 is 20.1 Å². The van der Waals surface area contributed by atoms with E-state index in [1.54, 1.807) is 0 Å². The van der Waals surface area contributed by atoms with Crippen molar-refractivity contribution in [2.24, 2.45) is 23.2 Å². The molecule has 3 aliphatic rings. The highest BCUT2D eigenvalue weighted by molar-refractivity contribution is 7.92. The van der Waals surface area contributed by atoms with E-state index in [1.165, 1.54) is 19.2 Å². The summed E-state index contributed by atoms with van der Waals surface area (Å²) >= 11 is 0. The summed E-state index contributed by atoms with van der Waals surface area (Å²) in [6.45, 7) is -0.537. The van der Waals surface area contributed by atoms with E-state index < -0.39 is 73.9 Å². The summed E-state index contributed by atoms with van der Waals surface area (Å²) in [4.78, 5) is 37.7. The maximum atomic E-state index is 15.0. The van der Waals surface area contributed by atoms with Crippen LogP contribution in [-0.2, 0) is 19.4 Å². The van der Waals surface area contributed by atoms with Gasteiger partial charge in [-0.25, -0.2) is 12.8 Å². The fourth-order valence-corrected chi connectivity index (χ4v) is 7.87. The molecule has 4 unspecified atom stereocenters. The predicted octanol–water partition coefficient (Wildman–Crippen LogP) is 4.30. The summed E-state index contributed by atoms with van der Waals surface area (Å²) in [5, 5.41) is 24.5. The summed E-state index contributed by atoms with van der Waals surface area (Å²) in [5.74, 6) is -4.62. The zero-order valence-electron chi connectivity index (χ0n) is 25.2. The lowest BCUT2D eigenvalue weighted by atomic mass is 9.74. The highest BCUT2D eigenvalue weighted by Gasteiger charge is 2.52. The predicted molar refractivity (Wildman–Crippen MR) is 157 cm³/mol. The second kappa shape index (κ2) is 12.9. The van der Waals surface area contributed by atoms with Gasteiger partial charge >= 0.3 is 11.5 Å². The standard InChI is InChI=1S/C31H34F4N2O9S/c1-45-23-14-22(32)24(46-19-7-9-30(15-38,10-8-19)29(41)42)13-21(23)27(39)37-26-17-6-5-16(11-17)25(26)28(40)36-18-3-2-4-20(12-18)47(43,44)31(33,34)35/h2-4,12-14,16-17,19,25-26,38H,5-11,15H2,1H3,(H,36,40)(H,37,39)(H,41,42). The molecule has 3 fully saturated rings. The van der Waals surface area contributed by atoms with Gasteiger partial charge in [0, 0.05) is 17.8 Å². The van der Waals surface area contributed by atoms with Crippen molar-refractivity contribution in [2.45, 2.75) is 67.5 Å².